The van der Waals surface area contributed by atoms with Crippen LogP contribution in [0.15, 0.2) is 78.9 Å². The zero-order valence-corrected chi connectivity index (χ0v) is 33.2. The Balaban J connectivity index is 1.33. The second-order valence-corrected chi connectivity index (χ2v) is 16.4. The van der Waals surface area contributed by atoms with E-state index < -0.39 is 64.7 Å². The average molecular weight is 780 g/mol. The molecule has 3 aromatic rings. The summed E-state index contributed by atoms with van der Waals surface area (Å²) in [4.78, 5) is 72.9. The Morgan fingerprint density at radius 3 is 2.32 bits per heavy atom. The first-order valence-corrected chi connectivity index (χ1v) is 19.6. The average Bonchev–Trinajstić information content (AvgIpc) is 3.77. The van der Waals surface area contributed by atoms with E-state index in [0.29, 0.717) is 28.1 Å². The van der Waals surface area contributed by atoms with E-state index in [9.17, 15) is 29.1 Å². The van der Waals surface area contributed by atoms with Crippen molar-refractivity contribution in [3.05, 3.63) is 78.9 Å². The topological polar surface area (TPSA) is 185 Å². The first-order valence-electron chi connectivity index (χ1n) is 19.6. The van der Waals surface area contributed by atoms with Crippen molar-refractivity contribution in [1.82, 2.24) is 26.3 Å². The normalized spacial score (nSPS) is 23.0. The van der Waals surface area contributed by atoms with Gasteiger partial charge in [0.25, 0.3) is 0 Å². The summed E-state index contributed by atoms with van der Waals surface area (Å²) in [6, 6.07) is 14.9. The SMILES string of the molecule is C=C[C@@H]1C[C@]1(NC(=O)[C@H]1C[C@H](Oc2cc(-c3ccccc3)nc3cc(OC)ccc23)C=C1C(=O)N[C@H](C(=O)N[C@H](C(=O)NC)C1CCCCC1)C(C)(C)C)C(=O)O. The fraction of sp³-hybridized carbons (Fsp3) is 0.455. The molecule has 57 heavy (non-hydrogen) atoms. The van der Waals surface area contributed by atoms with Crippen molar-refractivity contribution in [2.45, 2.75) is 89.4 Å². The maximum absolute atomic E-state index is 14.4. The minimum Gasteiger partial charge on any atom is -0.497 e. The number of nitrogens with one attached hydrogen (secondary N) is 4. The number of amides is 4. The molecule has 0 radical (unpaired) electrons. The molecule has 13 nitrogen and oxygen atoms in total. The summed E-state index contributed by atoms with van der Waals surface area (Å²) >= 11 is 0. The van der Waals surface area contributed by atoms with Gasteiger partial charge in [-0.2, -0.15) is 0 Å². The predicted octanol–water partition coefficient (Wildman–Crippen LogP) is 5.09. The summed E-state index contributed by atoms with van der Waals surface area (Å²) in [5.74, 6) is -3.93. The molecule has 0 aliphatic heterocycles. The molecule has 3 aliphatic carbocycles. The minimum atomic E-state index is -1.54. The zero-order valence-electron chi connectivity index (χ0n) is 33.2. The van der Waals surface area contributed by atoms with Crippen molar-refractivity contribution in [2.75, 3.05) is 14.2 Å². The van der Waals surface area contributed by atoms with E-state index in [1.54, 1.807) is 52.2 Å². The number of methoxy groups -OCH3 is 1. The lowest BCUT2D eigenvalue weighted by Gasteiger charge is -2.35. The Morgan fingerprint density at radius 2 is 1.70 bits per heavy atom. The van der Waals surface area contributed by atoms with Gasteiger partial charge >= 0.3 is 5.97 Å². The Bertz CT molecular complexity index is 2070. The molecule has 6 rings (SSSR count). The van der Waals surface area contributed by atoms with Crippen LogP contribution in [-0.4, -0.2) is 77.6 Å². The summed E-state index contributed by atoms with van der Waals surface area (Å²) in [5.41, 5.74) is -0.220. The van der Waals surface area contributed by atoms with Gasteiger partial charge in [0.15, 0.2) is 0 Å². The third-order valence-electron chi connectivity index (χ3n) is 11.5. The van der Waals surface area contributed by atoms with Crippen LogP contribution in [0.3, 0.4) is 0 Å². The number of hydrogen-bond donors (Lipinski definition) is 5. The molecular weight excluding hydrogens is 727 g/mol. The highest BCUT2D eigenvalue weighted by molar-refractivity contribution is 6.04. The summed E-state index contributed by atoms with van der Waals surface area (Å²) < 4.78 is 12.1. The second kappa shape index (κ2) is 16.8. The molecular formula is C44H53N5O8. The number of pyridine rings is 1. The third-order valence-corrected chi connectivity index (χ3v) is 11.5. The van der Waals surface area contributed by atoms with Crippen LogP contribution in [0.2, 0.25) is 0 Å². The van der Waals surface area contributed by atoms with Crippen molar-refractivity contribution in [1.29, 1.82) is 0 Å². The molecule has 0 unspecified atom stereocenters. The third kappa shape index (κ3) is 8.82. The standard InChI is InChI=1S/C44H53N5O8/c1-7-27-24-44(27,42(54)55)49-39(51)32-21-29(57-35-23-33(25-14-10-8-11-15-25)46-34-22-28(56-6)18-19-30(34)35)20-31(32)38(50)48-37(43(2,3)4)41(53)47-36(40(52)45-5)26-16-12-9-13-17-26/h7-8,10-11,14-15,18-20,22-23,26-27,29,32,36-37H,1,9,12-13,16-17,21,24H2,2-6H3,(H,45,52)(H,47,53)(H,48,50)(H,49,51)(H,54,55)/t27-,29-,32+,36+,37-,44-/m1/s1. The zero-order chi connectivity index (χ0) is 41.1. The number of ether oxygens (including phenoxy) is 2. The van der Waals surface area contributed by atoms with Crippen LogP contribution in [0.5, 0.6) is 11.5 Å². The van der Waals surface area contributed by atoms with Gasteiger partial charge in [0.2, 0.25) is 23.6 Å². The number of carboxylic acids is 1. The maximum Gasteiger partial charge on any atom is 0.330 e. The minimum absolute atomic E-state index is 0.0104. The van der Waals surface area contributed by atoms with Gasteiger partial charge in [0.1, 0.15) is 35.2 Å². The molecule has 4 amide bonds. The molecule has 2 saturated carbocycles. The van der Waals surface area contributed by atoms with Crippen LogP contribution in [-0.2, 0) is 24.0 Å². The molecule has 0 spiro atoms. The van der Waals surface area contributed by atoms with Gasteiger partial charge in [0.05, 0.1) is 24.2 Å². The predicted molar refractivity (Wildman–Crippen MR) is 215 cm³/mol. The van der Waals surface area contributed by atoms with Gasteiger partial charge in [0, 0.05) is 48.0 Å². The fourth-order valence-electron chi connectivity index (χ4n) is 8.10. The molecule has 0 bridgehead atoms. The summed E-state index contributed by atoms with van der Waals surface area (Å²) in [5, 5.41) is 22.0. The van der Waals surface area contributed by atoms with Crippen LogP contribution >= 0.6 is 0 Å². The second-order valence-electron chi connectivity index (χ2n) is 16.4. The van der Waals surface area contributed by atoms with E-state index in [1.807, 2.05) is 36.4 Å². The molecule has 0 saturated heterocycles. The lowest BCUT2D eigenvalue weighted by Crippen LogP contribution is -2.59. The molecule has 6 atom stereocenters. The molecule has 5 N–H and O–H groups in total. The summed E-state index contributed by atoms with van der Waals surface area (Å²) in [6.07, 6.45) is 7.03. The monoisotopic (exact) mass is 779 g/mol. The van der Waals surface area contributed by atoms with Crippen molar-refractivity contribution in [3.8, 4) is 22.8 Å². The number of rotatable bonds is 14. The van der Waals surface area contributed by atoms with E-state index in [2.05, 4.69) is 27.8 Å². The van der Waals surface area contributed by atoms with Crippen LogP contribution in [0.25, 0.3) is 22.2 Å². The lowest BCUT2D eigenvalue weighted by molar-refractivity contribution is -0.144. The van der Waals surface area contributed by atoms with E-state index in [4.69, 9.17) is 14.5 Å². The van der Waals surface area contributed by atoms with Crippen LogP contribution in [0.4, 0.5) is 0 Å². The number of carboxylic acid groups (broad SMARTS) is 1. The quantitative estimate of drug-likeness (QED) is 0.139. The molecule has 3 aliphatic rings. The van der Waals surface area contributed by atoms with Gasteiger partial charge in [-0.05, 0) is 48.8 Å². The molecule has 1 aromatic heterocycles. The number of carbonyl (C=O) groups excluding carboxylic acids is 4. The van der Waals surface area contributed by atoms with Gasteiger partial charge in [-0.1, -0.05) is 76.4 Å². The lowest BCUT2D eigenvalue weighted by atomic mass is 9.82. The Morgan fingerprint density at radius 1 is 0.982 bits per heavy atom. The largest absolute Gasteiger partial charge is 0.497 e. The number of carbonyl (C=O) groups is 5. The van der Waals surface area contributed by atoms with Gasteiger partial charge in [-0.25, -0.2) is 9.78 Å². The molecule has 1 heterocycles. The van der Waals surface area contributed by atoms with Crippen LogP contribution in [0.1, 0.15) is 65.7 Å². The van der Waals surface area contributed by atoms with Gasteiger partial charge in [-0.3, -0.25) is 19.2 Å². The maximum atomic E-state index is 14.4. The number of likely N-dealkylation sites (N-methyl/N-ethyl adjacent to an activating group) is 1. The smallest absolute Gasteiger partial charge is 0.330 e. The highest BCUT2D eigenvalue weighted by Crippen LogP contribution is 2.45. The van der Waals surface area contributed by atoms with Crippen LogP contribution < -0.4 is 30.7 Å². The van der Waals surface area contributed by atoms with Crippen molar-refractivity contribution in [3.63, 3.8) is 0 Å². The van der Waals surface area contributed by atoms with Gasteiger partial charge in [-0.15, -0.1) is 6.58 Å². The molecule has 2 fully saturated rings. The van der Waals surface area contributed by atoms with Crippen molar-refractivity contribution >= 4 is 40.5 Å². The van der Waals surface area contributed by atoms with Crippen molar-refractivity contribution in [2.24, 2.45) is 23.2 Å². The summed E-state index contributed by atoms with van der Waals surface area (Å²) in [7, 11) is 3.10. The first-order chi connectivity index (χ1) is 27.2. The number of fused-ring (bicyclic) bond motifs is 1. The Labute approximate surface area is 333 Å². The number of nitrogens with zero attached hydrogens (tertiary/aromatic N) is 1. The first kappa shape index (κ1) is 40.9. The summed E-state index contributed by atoms with van der Waals surface area (Å²) in [6.45, 7) is 9.14. The highest BCUT2D eigenvalue weighted by atomic mass is 16.5. The fourth-order valence-corrected chi connectivity index (χ4v) is 8.10. The van der Waals surface area contributed by atoms with E-state index in [0.717, 1.165) is 37.7 Å². The van der Waals surface area contributed by atoms with Crippen molar-refractivity contribution < 1.29 is 38.6 Å². The van der Waals surface area contributed by atoms with E-state index in [1.165, 1.54) is 13.1 Å². The highest BCUT2D eigenvalue weighted by Gasteiger charge is 2.61. The molecule has 2 aromatic carbocycles. The number of aromatic nitrogens is 1. The Hall–Kier alpha value is -5.72. The molecule has 13 heteroatoms. The van der Waals surface area contributed by atoms with E-state index in [-0.39, 0.29) is 30.2 Å². The number of aliphatic carboxylic acids is 1. The Kier molecular flexibility index (Phi) is 12.1. The number of benzene rings is 2. The number of hydrogen-bond acceptors (Lipinski definition) is 8. The van der Waals surface area contributed by atoms with Gasteiger partial charge < -0.3 is 35.8 Å². The van der Waals surface area contributed by atoms with E-state index >= 15 is 0 Å². The van der Waals surface area contributed by atoms with Crippen LogP contribution in [0, 0.1) is 23.2 Å². The molecule has 302 valence electrons.